The van der Waals surface area contributed by atoms with E-state index in [0.717, 1.165) is 38.0 Å². The van der Waals surface area contributed by atoms with Crippen molar-refractivity contribution in [1.82, 2.24) is 15.2 Å². The number of benzene rings is 1. The van der Waals surface area contributed by atoms with Crippen LogP contribution in [-0.2, 0) is 16.1 Å². The van der Waals surface area contributed by atoms with Crippen LogP contribution in [0.4, 0.5) is 0 Å². The van der Waals surface area contributed by atoms with Gasteiger partial charge in [-0.25, -0.2) is 4.98 Å². The average molecular weight is 424 g/mol. The third kappa shape index (κ3) is 5.61. The average Bonchev–Trinajstić information content (AvgIpc) is 2.79. The molecule has 0 spiro atoms. The molecule has 164 valence electrons. The van der Waals surface area contributed by atoms with E-state index in [4.69, 9.17) is 9.47 Å². The fraction of sp³-hybridized carbons (Fsp3) is 0.458. The molecule has 1 aromatic heterocycles. The van der Waals surface area contributed by atoms with Crippen LogP contribution in [0.25, 0.3) is 0 Å². The smallest absolute Gasteiger partial charge is 0.257 e. The Hall–Kier alpha value is -2.93. The number of carbonyl (C=O) groups excluding carboxylic acids is 2. The van der Waals surface area contributed by atoms with Crippen LogP contribution in [-0.4, -0.2) is 47.8 Å². The van der Waals surface area contributed by atoms with Crippen LogP contribution in [0.2, 0.25) is 0 Å². The molecule has 0 unspecified atom stereocenters. The van der Waals surface area contributed by atoms with Gasteiger partial charge in [0, 0.05) is 38.5 Å². The quantitative estimate of drug-likeness (QED) is 0.738. The largest absolute Gasteiger partial charge is 0.484 e. The lowest BCUT2D eigenvalue weighted by molar-refractivity contribution is -0.124. The van der Waals surface area contributed by atoms with Gasteiger partial charge in [0.15, 0.2) is 11.9 Å². The molecule has 3 heterocycles. The number of likely N-dealkylation sites (tertiary alicyclic amines) is 1. The van der Waals surface area contributed by atoms with E-state index in [2.05, 4.69) is 39.5 Å². The van der Waals surface area contributed by atoms with Crippen molar-refractivity contribution in [3.05, 3.63) is 53.7 Å². The molecule has 1 atom stereocenters. The summed E-state index contributed by atoms with van der Waals surface area (Å²) in [4.78, 5) is 29.9. The van der Waals surface area contributed by atoms with Gasteiger partial charge >= 0.3 is 0 Å². The summed E-state index contributed by atoms with van der Waals surface area (Å²) >= 11 is 0. The zero-order valence-corrected chi connectivity index (χ0v) is 17.9. The molecule has 1 saturated heterocycles. The molecular formula is C24H29N3O4. The van der Waals surface area contributed by atoms with Crippen molar-refractivity contribution in [2.75, 3.05) is 26.2 Å². The number of rotatable bonds is 7. The standard InChI is InChI=1S/C24H29N3O4/c1-17(28)25-12-8-21(29)19-9-13-27(14-10-19)15-18-4-6-20(7-5-18)23-16-30-22-3-2-11-26-24(22)31-23/h2-7,11,19,23H,8-10,12-16H2,1H3,(H,25,28)/t23-/m1/s1. The highest BCUT2D eigenvalue weighted by molar-refractivity contribution is 5.82. The van der Waals surface area contributed by atoms with Crippen LogP contribution in [0, 0.1) is 5.92 Å². The molecule has 2 aliphatic rings. The zero-order valence-electron chi connectivity index (χ0n) is 17.9. The topological polar surface area (TPSA) is 80.8 Å². The first-order valence-electron chi connectivity index (χ1n) is 10.9. The summed E-state index contributed by atoms with van der Waals surface area (Å²) in [5, 5.41) is 2.70. The van der Waals surface area contributed by atoms with E-state index in [0.29, 0.717) is 31.2 Å². The number of amides is 1. The lowest BCUT2D eigenvalue weighted by atomic mass is 9.90. The van der Waals surface area contributed by atoms with E-state index in [1.54, 1.807) is 6.20 Å². The van der Waals surface area contributed by atoms with E-state index in [9.17, 15) is 9.59 Å². The van der Waals surface area contributed by atoms with Crippen LogP contribution in [0.15, 0.2) is 42.6 Å². The Balaban J connectivity index is 1.24. The number of nitrogens with zero attached hydrogens (tertiary/aromatic N) is 2. The van der Waals surface area contributed by atoms with Gasteiger partial charge in [0.2, 0.25) is 5.91 Å². The van der Waals surface area contributed by atoms with Crippen molar-refractivity contribution in [2.45, 2.75) is 38.8 Å². The lowest BCUT2D eigenvalue weighted by Gasteiger charge is -2.31. The minimum atomic E-state index is -0.157. The second-order valence-electron chi connectivity index (χ2n) is 8.22. The summed E-state index contributed by atoms with van der Waals surface area (Å²) < 4.78 is 11.7. The summed E-state index contributed by atoms with van der Waals surface area (Å²) in [5.41, 5.74) is 2.32. The summed E-state index contributed by atoms with van der Waals surface area (Å²) in [5.74, 6) is 1.53. The third-order valence-electron chi connectivity index (χ3n) is 5.93. The molecular weight excluding hydrogens is 394 g/mol. The van der Waals surface area contributed by atoms with E-state index < -0.39 is 0 Å². The molecule has 31 heavy (non-hydrogen) atoms. The van der Waals surface area contributed by atoms with Gasteiger partial charge in [0.1, 0.15) is 12.4 Å². The maximum atomic E-state index is 12.3. The first-order chi connectivity index (χ1) is 15.1. The molecule has 2 aliphatic heterocycles. The molecule has 0 aliphatic carbocycles. The van der Waals surface area contributed by atoms with E-state index in [1.807, 2.05) is 12.1 Å². The maximum Gasteiger partial charge on any atom is 0.257 e. The highest BCUT2D eigenvalue weighted by atomic mass is 16.6. The highest BCUT2D eigenvalue weighted by Crippen LogP contribution is 2.34. The minimum Gasteiger partial charge on any atom is -0.484 e. The number of piperidine rings is 1. The molecule has 1 N–H and O–H groups in total. The van der Waals surface area contributed by atoms with E-state index in [1.165, 1.54) is 12.5 Å². The predicted octanol–water partition coefficient (Wildman–Crippen LogP) is 2.90. The number of Topliss-reactive ketones (excluding diaryl/α,β-unsaturated/α-hetero) is 1. The molecule has 0 saturated carbocycles. The Morgan fingerprint density at radius 2 is 1.94 bits per heavy atom. The van der Waals surface area contributed by atoms with E-state index >= 15 is 0 Å². The Bertz CT molecular complexity index is 907. The molecule has 0 radical (unpaired) electrons. The molecule has 0 bridgehead atoms. The molecule has 4 rings (SSSR count). The molecule has 1 amide bonds. The van der Waals surface area contributed by atoms with Gasteiger partial charge in [0.25, 0.3) is 5.88 Å². The number of aromatic nitrogens is 1. The van der Waals surface area contributed by atoms with Gasteiger partial charge in [-0.15, -0.1) is 0 Å². The van der Waals surface area contributed by atoms with Gasteiger partial charge in [0.05, 0.1) is 0 Å². The van der Waals surface area contributed by atoms with Crippen molar-refractivity contribution in [1.29, 1.82) is 0 Å². The Morgan fingerprint density at radius 1 is 1.16 bits per heavy atom. The first-order valence-corrected chi connectivity index (χ1v) is 10.9. The first kappa shape index (κ1) is 21.3. The fourth-order valence-electron chi connectivity index (χ4n) is 4.15. The second-order valence-corrected chi connectivity index (χ2v) is 8.22. The van der Waals surface area contributed by atoms with Gasteiger partial charge < -0.3 is 14.8 Å². The van der Waals surface area contributed by atoms with Crippen LogP contribution in [0.5, 0.6) is 11.6 Å². The number of carbonyl (C=O) groups is 2. The molecule has 1 fully saturated rings. The number of nitrogens with one attached hydrogen (secondary N) is 1. The van der Waals surface area contributed by atoms with Crippen molar-refractivity contribution in [3.8, 4) is 11.6 Å². The number of hydrogen-bond acceptors (Lipinski definition) is 6. The highest BCUT2D eigenvalue weighted by Gasteiger charge is 2.25. The maximum absolute atomic E-state index is 12.3. The number of ketones is 1. The van der Waals surface area contributed by atoms with Crippen LogP contribution in [0.3, 0.4) is 0 Å². The van der Waals surface area contributed by atoms with Crippen LogP contribution in [0.1, 0.15) is 43.4 Å². The third-order valence-corrected chi connectivity index (χ3v) is 5.93. The van der Waals surface area contributed by atoms with Gasteiger partial charge in [-0.3, -0.25) is 14.5 Å². The summed E-state index contributed by atoms with van der Waals surface area (Å²) in [6, 6.07) is 12.2. The monoisotopic (exact) mass is 423 g/mol. The number of fused-ring (bicyclic) bond motifs is 1. The van der Waals surface area contributed by atoms with Crippen molar-refractivity contribution >= 4 is 11.7 Å². The minimum absolute atomic E-state index is 0.0855. The van der Waals surface area contributed by atoms with Gasteiger partial charge in [-0.2, -0.15) is 0 Å². The lowest BCUT2D eigenvalue weighted by Crippen LogP contribution is -2.36. The molecule has 1 aromatic carbocycles. The summed E-state index contributed by atoms with van der Waals surface area (Å²) in [6.07, 6.45) is 3.75. The van der Waals surface area contributed by atoms with E-state index in [-0.39, 0.29) is 23.7 Å². The summed E-state index contributed by atoms with van der Waals surface area (Å²) in [7, 11) is 0. The normalized spacial score (nSPS) is 19.1. The Kier molecular flexibility index (Phi) is 6.82. The second kappa shape index (κ2) is 9.92. The van der Waals surface area contributed by atoms with Crippen molar-refractivity contribution < 1.29 is 19.1 Å². The predicted molar refractivity (Wildman–Crippen MR) is 116 cm³/mol. The Labute approximate surface area is 182 Å². The SMILES string of the molecule is CC(=O)NCCC(=O)C1CCN(Cc2ccc([C@H]3COc4cccnc4O3)cc2)CC1. The van der Waals surface area contributed by atoms with Crippen LogP contribution >= 0.6 is 0 Å². The number of ether oxygens (including phenoxy) is 2. The fourth-order valence-corrected chi connectivity index (χ4v) is 4.15. The van der Waals surface area contributed by atoms with Crippen molar-refractivity contribution in [3.63, 3.8) is 0 Å². The van der Waals surface area contributed by atoms with Crippen LogP contribution < -0.4 is 14.8 Å². The van der Waals surface area contributed by atoms with Crippen molar-refractivity contribution in [2.24, 2.45) is 5.92 Å². The summed E-state index contributed by atoms with van der Waals surface area (Å²) in [6.45, 7) is 5.10. The molecule has 7 heteroatoms. The van der Waals surface area contributed by atoms with Gasteiger partial charge in [-0.05, 0) is 49.2 Å². The number of hydrogen-bond donors (Lipinski definition) is 1. The number of pyridine rings is 1. The Morgan fingerprint density at radius 3 is 2.68 bits per heavy atom. The molecule has 7 nitrogen and oxygen atoms in total. The van der Waals surface area contributed by atoms with Gasteiger partial charge in [-0.1, -0.05) is 24.3 Å². The zero-order chi connectivity index (χ0) is 21.6. The molecule has 2 aromatic rings.